The van der Waals surface area contributed by atoms with Gasteiger partial charge in [0.25, 0.3) is 0 Å². The van der Waals surface area contributed by atoms with Gasteiger partial charge >= 0.3 is 0 Å². The Labute approximate surface area is 163 Å². The first kappa shape index (κ1) is 19.2. The molecular weight excluding hydrogens is 366 g/mol. The van der Waals surface area contributed by atoms with Crippen molar-refractivity contribution < 1.29 is 9.59 Å². The Morgan fingerprint density at radius 1 is 1.37 bits per heavy atom. The Morgan fingerprint density at radius 3 is 2.89 bits per heavy atom. The summed E-state index contributed by atoms with van der Waals surface area (Å²) in [6, 6.07) is 5.47. The second kappa shape index (κ2) is 8.43. The third-order valence-electron chi connectivity index (χ3n) is 4.68. The number of nitrogens with zero attached hydrogens (tertiary/aromatic N) is 5. The van der Waals surface area contributed by atoms with E-state index in [1.165, 1.54) is 4.80 Å². The molecule has 1 aliphatic heterocycles. The van der Waals surface area contributed by atoms with Crippen molar-refractivity contribution in [2.24, 2.45) is 5.92 Å². The van der Waals surface area contributed by atoms with Gasteiger partial charge in [-0.05, 0) is 61.2 Å². The average molecular weight is 388 g/mol. The van der Waals surface area contributed by atoms with Crippen LogP contribution in [0.25, 0.3) is 6.08 Å². The van der Waals surface area contributed by atoms with Gasteiger partial charge < -0.3 is 4.90 Å². The monoisotopic (exact) mass is 387 g/mol. The summed E-state index contributed by atoms with van der Waals surface area (Å²) in [6.45, 7) is 4.95. The number of carbonyl (C=O) groups is 2. The van der Waals surface area contributed by atoms with Crippen LogP contribution in [0.4, 0.5) is 0 Å². The first-order valence-corrected chi connectivity index (χ1v) is 9.30. The molecule has 0 N–H and O–H groups in total. The maximum atomic E-state index is 12.5. The number of hydrogen-bond donors (Lipinski definition) is 0. The Morgan fingerprint density at radius 2 is 2.19 bits per heavy atom. The number of aryl methyl sites for hydroxylation is 1. The van der Waals surface area contributed by atoms with Gasteiger partial charge in [-0.25, -0.2) is 0 Å². The molecule has 1 aliphatic rings. The summed E-state index contributed by atoms with van der Waals surface area (Å²) in [5.74, 6) is 0.599. The maximum absolute atomic E-state index is 12.5. The molecule has 1 aromatic heterocycles. The van der Waals surface area contributed by atoms with E-state index in [0.29, 0.717) is 30.5 Å². The van der Waals surface area contributed by atoms with Crippen LogP contribution in [0, 0.1) is 12.8 Å². The van der Waals surface area contributed by atoms with Gasteiger partial charge in [0, 0.05) is 30.1 Å². The molecule has 0 bridgehead atoms. The number of carbonyl (C=O) groups excluding carboxylic acids is 2. The quantitative estimate of drug-likeness (QED) is 0.736. The molecule has 8 heteroatoms. The highest BCUT2D eigenvalue weighted by Gasteiger charge is 2.25. The minimum Gasteiger partial charge on any atom is -0.338 e. The van der Waals surface area contributed by atoms with Crippen molar-refractivity contribution in [1.82, 2.24) is 25.1 Å². The Kier molecular flexibility index (Phi) is 6.01. The molecule has 3 rings (SSSR count). The summed E-state index contributed by atoms with van der Waals surface area (Å²) in [6.07, 6.45) is 5.03. The number of tetrazole rings is 1. The maximum Gasteiger partial charge on any atom is 0.246 e. The molecule has 2 aromatic rings. The number of likely N-dealkylation sites (tertiary alicyclic amines) is 1. The highest BCUT2D eigenvalue weighted by molar-refractivity contribution is 6.30. The molecule has 2 heterocycles. The van der Waals surface area contributed by atoms with E-state index in [4.69, 9.17) is 11.6 Å². The third-order valence-corrected chi connectivity index (χ3v) is 4.92. The molecule has 1 fully saturated rings. The molecule has 1 amide bonds. The third kappa shape index (κ3) is 5.01. The number of rotatable bonds is 5. The lowest BCUT2D eigenvalue weighted by molar-refractivity contribution is -0.130. The number of halogens is 1. The minimum absolute atomic E-state index is 0.0520. The van der Waals surface area contributed by atoms with Crippen LogP contribution in [0.1, 0.15) is 36.7 Å². The number of piperidine rings is 1. The lowest BCUT2D eigenvalue weighted by Crippen LogP contribution is -2.41. The molecule has 1 saturated heterocycles. The predicted octanol–water partition coefficient (Wildman–Crippen LogP) is 2.52. The summed E-state index contributed by atoms with van der Waals surface area (Å²) in [5.41, 5.74) is 1.76. The Balaban J connectivity index is 1.74. The highest BCUT2D eigenvalue weighted by atomic mass is 35.5. The molecule has 27 heavy (non-hydrogen) atoms. The summed E-state index contributed by atoms with van der Waals surface area (Å²) < 4.78 is 0. The summed E-state index contributed by atoms with van der Waals surface area (Å²) in [7, 11) is 0. The van der Waals surface area contributed by atoms with E-state index < -0.39 is 0 Å². The van der Waals surface area contributed by atoms with Gasteiger partial charge in [-0.2, -0.15) is 4.80 Å². The van der Waals surface area contributed by atoms with Gasteiger partial charge in [-0.1, -0.05) is 17.7 Å². The fourth-order valence-electron chi connectivity index (χ4n) is 3.19. The first-order valence-electron chi connectivity index (χ1n) is 8.92. The van der Waals surface area contributed by atoms with Crippen molar-refractivity contribution in [3.63, 3.8) is 0 Å². The molecule has 0 spiro atoms. The summed E-state index contributed by atoms with van der Waals surface area (Å²) >= 11 is 6.12. The van der Waals surface area contributed by atoms with Gasteiger partial charge in [-0.3, -0.25) is 9.59 Å². The van der Waals surface area contributed by atoms with Crippen molar-refractivity contribution in [2.75, 3.05) is 13.1 Å². The largest absolute Gasteiger partial charge is 0.338 e. The van der Waals surface area contributed by atoms with Crippen molar-refractivity contribution in [3.8, 4) is 0 Å². The zero-order valence-electron chi connectivity index (χ0n) is 15.4. The molecule has 0 saturated carbocycles. The predicted molar refractivity (Wildman–Crippen MR) is 102 cm³/mol. The Bertz CT molecular complexity index is 877. The number of amides is 1. The molecule has 7 nitrogen and oxygen atoms in total. The van der Waals surface area contributed by atoms with E-state index >= 15 is 0 Å². The zero-order valence-corrected chi connectivity index (χ0v) is 16.2. The molecule has 1 atom stereocenters. The number of hydrogen-bond acceptors (Lipinski definition) is 5. The van der Waals surface area contributed by atoms with Crippen LogP contribution in [0.2, 0.25) is 5.02 Å². The van der Waals surface area contributed by atoms with E-state index in [0.717, 1.165) is 24.0 Å². The van der Waals surface area contributed by atoms with Crippen LogP contribution in [0.15, 0.2) is 24.3 Å². The second-order valence-corrected chi connectivity index (χ2v) is 7.21. The normalized spacial score (nSPS) is 17.4. The SMILES string of the molecule is CC(=O)C1CCCN(C(=O)/C=C/c2ccc(Cl)cc2Cn2nnc(C)n2)C1. The lowest BCUT2D eigenvalue weighted by atomic mass is 9.94. The van der Waals surface area contributed by atoms with Gasteiger partial charge in [0.05, 0.1) is 6.54 Å². The molecule has 0 radical (unpaired) electrons. The fourth-order valence-corrected chi connectivity index (χ4v) is 3.39. The van der Waals surface area contributed by atoms with Gasteiger partial charge in [-0.15, -0.1) is 10.2 Å². The fraction of sp³-hybridized carbons (Fsp3) is 0.421. The molecule has 1 aromatic carbocycles. The van der Waals surface area contributed by atoms with Gasteiger partial charge in [0.2, 0.25) is 5.91 Å². The lowest BCUT2D eigenvalue weighted by Gasteiger charge is -2.30. The topological polar surface area (TPSA) is 81.0 Å². The van der Waals surface area contributed by atoms with Crippen molar-refractivity contribution in [1.29, 1.82) is 0 Å². The number of Topliss-reactive ketones (excluding diaryl/α,β-unsaturated/α-hetero) is 1. The minimum atomic E-state index is -0.0865. The second-order valence-electron chi connectivity index (χ2n) is 6.78. The van der Waals surface area contributed by atoms with E-state index in [9.17, 15) is 9.59 Å². The van der Waals surface area contributed by atoms with Crippen LogP contribution in [-0.4, -0.2) is 49.9 Å². The van der Waals surface area contributed by atoms with Crippen LogP contribution < -0.4 is 0 Å². The van der Waals surface area contributed by atoms with Gasteiger partial charge in [0.15, 0.2) is 5.82 Å². The zero-order chi connectivity index (χ0) is 19.4. The van der Waals surface area contributed by atoms with Crippen molar-refractivity contribution in [3.05, 3.63) is 46.2 Å². The highest BCUT2D eigenvalue weighted by Crippen LogP contribution is 2.20. The molecule has 1 unspecified atom stereocenters. The molecule has 0 aliphatic carbocycles. The smallest absolute Gasteiger partial charge is 0.246 e. The van der Waals surface area contributed by atoms with E-state index in [1.807, 2.05) is 12.1 Å². The van der Waals surface area contributed by atoms with E-state index in [2.05, 4.69) is 15.4 Å². The van der Waals surface area contributed by atoms with Crippen molar-refractivity contribution >= 4 is 29.4 Å². The van der Waals surface area contributed by atoms with Crippen molar-refractivity contribution in [2.45, 2.75) is 33.2 Å². The number of ketones is 1. The van der Waals surface area contributed by atoms with Crippen LogP contribution in [0.3, 0.4) is 0 Å². The van der Waals surface area contributed by atoms with Crippen LogP contribution in [-0.2, 0) is 16.1 Å². The summed E-state index contributed by atoms with van der Waals surface area (Å²) in [4.78, 5) is 27.4. The molecular formula is C19H22ClN5O2. The van der Waals surface area contributed by atoms with E-state index in [-0.39, 0.29) is 17.6 Å². The van der Waals surface area contributed by atoms with Crippen LogP contribution in [0.5, 0.6) is 0 Å². The number of aromatic nitrogens is 4. The van der Waals surface area contributed by atoms with Gasteiger partial charge in [0.1, 0.15) is 5.78 Å². The first-order chi connectivity index (χ1) is 12.9. The average Bonchev–Trinajstić information content (AvgIpc) is 3.05. The standard InChI is InChI=1S/C19H22ClN5O2/c1-13(26)16-4-3-9-24(11-16)19(27)8-6-15-5-7-18(20)10-17(15)12-25-22-14(2)21-23-25/h5-8,10,16H,3-4,9,11-12H2,1-2H3/b8-6+. The number of benzene rings is 1. The Hall–Kier alpha value is -2.54. The molecule has 142 valence electrons. The van der Waals surface area contributed by atoms with E-state index in [1.54, 1.807) is 37.0 Å². The summed E-state index contributed by atoms with van der Waals surface area (Å²) in [5, 5.41) is 12.6. The van der Waals surface area contributed by atoms with Crippen LogP contribution >= 0.6 is 11.6 Å².